The summed E-state index contributed by atoms with van der Waals surface area (Å²) >= 11 is 1.01. The lowest BCUT2D eigenvalue weighted by Gasteiger charge is -2.27. The fourth-order valence-corrected chi connectivity index (χ4v) is 4.99. The molecule has 5 rings (SSSR count). The zero-order chi connectivity index (χ0) is 23.7. The number of benzene rings is 2. The zero-order valence-electron chi connectivity index (χ0n) is 18.5. The van der Waals surface area contributed by atoms with E-state index in [0.29, 0.717) is 35.3 Å². The number of hydrogen-bond acceptors (Lipinski definition) is 7. The molecule has 0 spiro atoms. The van der Waals surface area contributed by atoms with E-state index in [1.807, 2.05) is 0 Å². The second-order valence-corrected chi connectivity index (χ2v) is 8.98. The summed E-state index contributed by atoms with van der Waals surface area (Å²) in [7, 11) is 0. The SMILES string of the molecule is Cl.O=C(c1cc(=O)c2ccccc2o1)N(CCCN1CCOCC1)c1nc2c(F)cc(F)cc2s1. The smallest absolute Gasteiger partial charge is 0.295 e. The maximum absolute atomic E-state index is 14.3. The van der Waals surface area contributed by atoms with E-state index in [1.165, 1.54) is 11.0 Å². The third-order valence-electron chi connectivity index (χ3n) is 5.68. The minimum absolute atomic E-state index is 0. The Morgan fingerprint density at radius 3 is 2.71 bits per heavy atom. The summed E-state index contributed by atoms with van der Waals surface area (Å²) < 4.78 is 39.4. The Kier molecular flexibility index (Phi) is 7.75. The van der Waals surface area contributed by atoms with Gasteiger partial charge in [-0.25, -0.2) is 13.8 Å². The first-order valence-electron chi connectivity index (χ1n) is 10.9. The number of anilines is 1. The minimum Gasteiger partial charge on any atom is -0.451 e. The summed E-state index contributed by atoms with van der Waals surface area (Å²) in [6.07, 6.45) is 0.607. The molecule has 2 aromatic carbocycles. The van der Waals surface area contributed by atoms with Crippen molar-refractivity contribution in [3.63, 3.8) is 0 Å². The van der Waals surface area contributed by atoms with Gasteiger partial charge in [0.15, 0.2) is 22.1 Å². The van der Waals surface area contributed by atoms with E-state index in [4.69, 9.17) is 9.15 Å². The van der Waals surface area contributed by atoms with Gasteiger partial charge in [-0.15, -0.1) is 12.4 Å². The number of nitrogens with zero attached hydrogens (tertiary/aromatic N) is 3. The number of carbonyl (C=O) groups is 1. The molecule has 1 amide bonds. The second kappa shape index (κ2) is 10.8. The molecule has 0 aliphatic carbocycles. The predicted octanol–water partition coefficient (Wildman–Crippen LogP) is 4.47. The Morgan fingerprint density at radius 2 is 1.91 bits per heavy atom. The third-order valence-corrected chi connectivity index (χ3v) is 6.71. The van der Waals surface area contributed by atoms with Crippen molar-refractivity contribution < 1.29 is 22.7 Å². The summed E-state index contributed by atoms with van der Waals surface area (Å²) in [5, 5.41) is 0.581. The topological polar surface area (TPSA) is 75.9 Å². The number of morpholine rings is 1. The van der Waals surface area contributed by atoms with Crippen LogP contribution in [-0.2, 0) is 4.74 Å². The molecule has 2 aromatic heterocycles. The lowest BCUT2D eigenvalue weighted by molar-refractivity contribution is 0.0376. The Bertz CT molecular complexity index is 1420. The van der Waals surface area contributed by atoms with Crippen LogP contribution < -0.4 is 10.3 Å². The van der Waals surface area contributed by atoms with Gasteiger partial charge in [0.1, 0.15) is 16.9 Å². The Morgan fingerprint density at radius 1 is 1.14 bits per heavy atom. The fourth-order valence-electron chi connectivity index (χ4n) is 3.96. The number of aromatic nitrogens is 1. The van der Waals surface area contributed by atoms with Gasteiger partial charge in [-0.2, -0.15) is 0 Å². The number of carbonyl (C=O) groups excluding carboxylic acids is 1. The molecule has 0 bridgehead atoms. The third kappa shape index (κ3) is 5.35. The second-order valence-electron chi connectivity index (χ2n) is 7.97. The standard InChI is InChI=1S/C24H21F2N3O4S.ClH/c25-15-12-17(26)22-21(13-15)34-24(27-22)29(7-3-6-28-8-10-32-11-9-28)23(31)20-14-18(30)16-4-1-2-5-19(16)33-20;/h1-2,4-5,12-14H,3,6-11H2;1H. The first-order valence-corrected chi connectivity index (χ1v) is 11.7. The van der Waals surface area contributed by atoms with E-state index in [2.05, 4.69) is 9.88 Å². The monoisotopic (exact) mass is 521 g/mol. The van der Waals surface area contributed by atoms with Crippen LogP contribution in [0.25, 0.3) is 21.2 Å². The highest BCUT2D eigenvalue weighted by molar-refractivity contribution is 7.22. The summed E-state index contributed by atoms with van der Waals surface area (Å²) in [5.74, 6) is -2.22. The predicted molar refractivity (Wildman–Crippen MR) is 133 cm³/mol. The van der Waals surface area contributed by atoms with E-state index < -0.39 is 17.5 Å². The van der Waals surface area contributed by atoms with Gasteiger partial charge in [-0.1, -0.05) is 23.5 Å². The van der Waals surface area contributed by atoms with Crippen molar-refractivity contribution in [3.05, 3.63) is 70.1 Å². The average Bonchev–Trinajstić information content (AvgIpc) is 3.26. The molecular formula is C24H22ClF2N3O4S. The van der Waals surface area contributed by atoms with E-state index in [0.717, 1.165) is 43.1 Å². The Hall–Kier alpha value is -2.92. The highest BCUT2D eigenvalue weighted by atomic mass is 35.5. The van der Waals surface area contributed by atoms with Crippen molar-refractivity contribution >= 4 is 56.0 Å². The van der Waals surface area contributed by atoms with Gasteiger partial charge in [0.2, 0.25) is 0 Å². The van der Waals surface area contributed by atoms with Crippen molar-refractivity contribution in [2.75, 3.05) is 44.3 Å². The molecule has 1 fully saturated rings. The normalized spacial score (nSPS) is 14.2. The summed E-state index contributed by atoms with van der Waals surface area (Å²) in [5.41, 5.74) is -0.0488. The number of ether oxygens (including phenoxy) is 1. The van der Waals surface area contributed by atoms with Crippen LogP contribution >= 0.6 is 23.7 Å². The molecule has 3 heterocycles. The van der Waals surface area contributed by atoms with E-state index in [1.54, 1.807) is 24.3 Å². The van der Waals surface area contributed by atoms with Crippen LogP contribution in [0, 0.1) is 11.6 Å². The molecular weight excluding hydrogens is 500 g/mol. The quantitative estimate of drug-likeness (QED) is 0.372. The van der Waals surface area contributed by atoms with E-state index in [9.17, 15) is 18.4 Å². The van der Waals surface area contributed by atoms with Crippen LogP contribution in [0.1, 0.15) is 17.0 Å². The fraction of sp³-hybridized carbons (Fsp3) is 0.292. The van der Waals surface area contributed by atoms with Crippen LogP contribution in [0.3, 0.4) is 0 Å². The van der Waals surface area contributed by atoms with Crippen molar-refractivity contribution in [2.45, 2.75) is 6.42 Å². The molecule has 0 N–H and O–H groups in total. The van der Waals surface area contributed by atoms with Crippen LogP contribution in [0.15, 0.2) is 51.7 Å². The molecule has 1 aliphatic rings. The zero-order valence-corrected chi connectivity index (χ0v) is 20.2. The molecule has 1 saturated heterocycles. The highest BCUT2D eigenvalue weighted by Gasteiger charge is 2.25. The van der Waals surface area contributed by atoms with Gasteiger partial charge in [0.25, 0.3) is 5.91 Å². The molecule has 0 atom stereocenters. The first kappa shape index (κ1) is 25.2. The van der Waals surface area contributed by atoms with E-state index >= 15 is 0 Å². The number of fused-ring (bicyclic) bond motifs is 2. The van der Waals surface area contributed by atoms with Crippen molar-refractivity contribution in [2.24, 2.45) is 0 Å². The Balaban J connectivity index is 0.00000289. The number of thiazole rings is 1. The van der Waals surface area contributed by atoms with Gasteiger partial charge < -0.3 is 9.15 Å². The number of para-hydroxylation sites is 1. The summed E-state index contributed by atoms with van der Waals surface area (Å²) in [6.45, 7) is 3.92. The lowest BCUT2D eigenvalue weighted by Crippen LogP contribution is -2.39. The number of hydrogen-bond donors (Lipinski definition) is 0. The maximum atomic E-state index is 14.3. The minimum atomic E-state index is -0.796. The summed E-state index contributed by atoms with van der Waals surface area (Å²) in [6, 6.07) is 9.78. The molecule has 1 aliphatic heterocycles. The van der Waals surface area contributed by atoms with Gasteiger partial charge in [0.05, 0.1) is 23.3 Å². The van der Waals surface area contributed by atoms with Crippen LogP contribution in [0.4, 0.5) is 13.9 Å². The molecule has 0 unspecified atom stereocenters. The summed E-state index contributed by atoms with van der Waals surface area (Å²) in [4.78, 5) is 33.9. The molecule has 35 heavy (non-hydrogen) atoms. The molecule has 184 valence electrons. The van der Waals surface area contributed by atoms with Gasteiger partial charge in [-0.3, -0.25) is 19.4 Å². The van der Waals surface area contributed by atoms with Crippen molar-refractivity contribution in [1.29, 1.82) is 0 Å². The first-order chi connectivity index (χ1) is 16.5. The highest BCUT2D eigenvalue weighted by Crippen LogP contribution is 2.32. The molecule has 0 saturated carbocycles. The largest absolute Gasteiger partial charge is 0.451 e. The average molecular weight is 522 g/mol. The molecule has 7 nitrogen and oxygen atoms in total. The lowest BCUT2D eigenvalue weighted by atomic mass is 10.2. The van der Waals surface area contributed by atoms with E-state index in [-0.39, 0.29) is 40.8 Å². The van der Waals surface area contributed by atoms with Gasteiger partial charge in [0, 0.05) is 38.3 Å². The van der Waals surface area contributed by atoms with Crippen LogP contribution in [0.2, 0.25) is 0 Å². The number of halogens is 3. The molecule has 4 aromatic rings. The van der Waals surface area contributed by atoms with Crippen LogP contribution in [-0.4, -0.2) is 55.2 Å². The molecule has 11 heteroatoms. The number of amides is 1. The maximum Gasteiger partial charge on any atom is 0.295 e. The molecule has 0 radical (unpaired) electrons. The van der Waals surface area contributed by atoms with Crippen molar-refractivity contribution in [3.8, 4) is 0 Å². The van der Waals surface area contributed by atoms with Crippen molar-refractivity contribution in [1.82, 2.24) is 9.88 Å². The Labute approximate surface area is 209 Å². The van der Waals surface area contributed by atoms with Gasteiger partial charge in [-0.05, 0) is 24.6 Å². The number of rotatable bonds is 6. The van der Waals surface area contributed by atoms with Gasteiger partial charge >= 0.3 is 0 Å². The van der Waals surface area contributed by atoms with Crippen LogP contribution in [0.5, 0.6) is 0 Å².